The highest BCUT2D eigenvalue weighted by molar-refractivity contribution is 6.06. The number of pyridine rings is 1. The minimum absolute atomic E-state index is 0.0826. The zero-order valence-electron chi connectivity index (χ0n) is 19.7. The van der Waals surface area contributed by atoms with Gasteiger partial charge in [-0.2, -0.15) is 0 Å². The maximum Gasteiger partial charge on any atom is 0.272 e. The number of nitrogens with two attached hydrogens (primary N) is 1. The van der Waals surface area contributed by atoms with Crippen molar-refractivity contribution in [1.29, 1.82) is 0 Å². The highest BCUT2D eigenvalue weighted by Crippen LogP contribution is 2.22. The van der Waals surface area contributed by atoms with Crippen LogP contribution in [0.25, 0.3) is 5.69 Å². The summed E-state index contributed by atoms with van der Waals surface area (Å²) in [6, 6.07) is 5.43. The predicted molar refractivity (Wildman–Crippen MR) is 130 cm³/mol. The second-order valence-corrected chi connectivity index (χ2v) is 8.39. The van der Waals surface area contributed by atoms with Crippen LogP contribution in [0.3, 0.4) is 0 Å². The Morgan fingerprint density at radius 3 is 2.63 bits per heavy atom. The monoisotopic (exact) mass is 477 g/mol. The number of nitrogens with zero attached hydrogens (tertiary/aromatic N) is 3. The summed E-state index contributed by atoms with van der Waals surface area (Å²) in [5, 5.41) is 8.58. The summed E-state index contributed by atoms with van der Waals surface area (Å²) in [4.78, 5) is 46.2. The molecule has 0 saturated carbocycles. The molecule has 11 heteroatoms. The van der Waals surface area contributed by atoms with Gasteiger partial charge >= 0.3 is 0 Å². The van der Waals surface area contributed by atoms with Gasteiger partial charge in [-0.05, 0) is 42.2 Å². The molecule has 11 nitrogen and oxygen atoms in total. The molecule has 2 amide bonds. The third-order valence-corrected chi connectivity index (χ3v) is 5.76. The molecule has 1 aliphatic rings. The number of piperazine rings is 1. The standard InChI is InChI=1S/C24H27N7O4/c1-13-4-15(11-35-3)5-14(2)21(13)31-12-29-22(25)20(24(31)34)23(33)30-17-6-16(7-26-8-17)18-9-28-19(32)10-27-18/h4-8,12,18,27H,9-11,25H2,1-3H3,(H,28,32)(H,30,33)/t18-/m1/s1. The highest BCUT2D eigenvalue weighted by atomic mass is 16.5. The molecule has 0 spiro atoms. The summed E-state index contributed by atoms with van der Waals surface area (Å²) in [7, 11) is 1.62. The van der Waals surface area contributed by atoms with E-state index in [0.717, 1.165) is 22.3 Å². The molecule has 0 unspecified atom stereocenters. The predicted octanol–water partition coefficient (Wildman–Crippen LogP) is 0.986. The first-order chi connectivity index (χ1) is 16.8. The van der Waals surface area contributed by atoms with Crippen molar-refractivity contribution in [3.63, 3.8) is 0 Å². The molecular formula is C24H27N7O4. The van der Waals surface area contributed by atoms with E-state index < -0.39 is 11.5 Å². The van der Waals surface area contributed by atoms with Crippen molar-refractivity contribution in [2.45, 2.75) is 26.5 Å². The first-order valence-corrected chi connectivity index (χ1v) is 11.0. The molecule has 5 N–H and O–H groups in total. The SMILES string of the molecule is COCc1cc(C)c(-n2cnc(N)c(C(=O)Nc3cncc([C@H]4CNC(=O)CN4)c3)c2=O)c(C)c1. The number of benzene rings is 1. The van der Waals surface area contributed by atoms with Gasteiger partial charge in [0.25, 0.3) is 11.5 Å². The van der Waals surface area contributed by atoms with Crippen LogP contribution >= 0.6 is 0 Å². The number of amides is 2. The number of ether oxygens (including phenoxy) is 1. The summed E-state index contributed by atoms with van der Waals surface area (Å²) >= 11 is 0. The lowest BCUT2D eigenvalue weighted by atomic mass is 10.0. The number of aryl methyl sites for hydroxylation is 2. The molecule has 1 atom stereocenters. The average molecular weight is 478 g/mol. The summed E-state index contributed by atoms with van der Waals surface area (Å²) < 4.78 is 6.53. The number of aromatic nitrogens is 3. The number of nitrogens with one attached hydrogen (secondary N) is 3. The van der Waals surface area contributed by atoms with E-state index in [4.69, 9.17) is 10.5 Å². The van der Waals surface area contributed by atoms with Gasteiger partial charge in [-0.1, -0.05) is 12.1 Å². The smallest absolute Gasteiger partial charge is 0.272 e. The van der Waals surface area contributed by atoms with Crippen LogP contribution in [0.4, 0.5) is 11.5 Å². The Labute approximate surface area is 201 Å². The maximum atomic E-state index is 13.4. The number of hydrogen-bond donors (Lipinski definition) is 4. The molecule has 0 aliphatic carbocycles. The van der Waals surface area contributed by atoms with Crippen molar-refractivity contribution in [1.82, 2.24) is 25.2 Å². The Balaban J connectivity index is 1.64. The number of carbonyl (C=O) groups is 2. The third kappa shape index (κ3) is 5.05. The molecule has 1 aliphatic heterocycles. The summed E-state index contributed by atoms with van der Waals surface area (Å²) in [5.74, 6) is -0.943. The molecule has 0 radical (unpaired) electrons. The van der Waals surface area contributed by atoms with Crippen LogP contribution in [-0.4, -0.2) is 46.5 Å². The van der Waals surface area contributed by atoms with E-state index in [-0.39, 0.29) is 29.9 Å². The van der Waals surface area contributed by atoms with Crippen LogP contribution in [0, 0.1) is 13.8 Å². The fraction of sp³-hybridized carbons (Fsp3) is 0.292. The Kier molecular flexibility index (Phi) is 6.90. The van der Waals surface area contributed by atoms with Gasteiger partial charge in [-0.25, -0.2) is 4.98 Å². The van der Waals surface area contributed by atoms with E-state index in [9.17, 15) is 14.4 Å². The van der Waals surface area contributed by atoms with Crippen molar-refractivity contribution < 1.29 is 14.3 Å². The van der Waals surface area contributed by atoms with Gasteiger partial charge in [-0.15, -0.1) is 0 Å². The van der Waals surface area contributed by atoms with Gasteiger partial charge in [-0.3, -0.25) is 29.3 Å². The fourth-order valence-electron chi connectivity index (χ4n) is 4.23. The molecule has 1 aromatic carbocycles. The van der Waals surface area contributed by atoms with Crippen molar-refractivity contribution in [3.05, 3.63) is 75.1 Å². The molecule has 1 saturated heterocycles. The molecule has 182 valence electrons. The lowest BCUT2D eigenvalue weighted by molar-refractivity contribution is -0.121. The second-order valence-electron chi connectivity index (χ2n) is 8.39. The number of nitrogen functional groups attached to an aromatic ring is 1. The van der Waals surface area contributed by atoms with Gasteiger partial charge in [0, 0.05) is 19.9 Å². The molecule has 4 rings (SSSR count). The topological polar surface area (TPSA) is 153 Å². The zero-order chi connectivity index (χ0) is 25.1. The quantitative estimate of drug-likeness (QED) is 0.410. The van der Waals surface area contributed by atoms with E-state index in [1.807, 2.05) is 26.0 Å². The average Bonchev–Trinajstić information content (AvgIpc) is 2.81. The Morgan fingerprint density at radius 2 is 1.97 bits per heavy atom. The number of carbonyl (C=O) groups excluding carboxylic acids is 2. The number of hydrogen-bond acceptors (Lipinski definition) is 8. The minimum Gasteiger partial charge on any atom is -0.383 e. The Hall–Kier alpha value is -4.09. The molecule has 3 heterocycles. The van der Waals surface area contributed by atoms with Crippen LogP contribution < -0.4 is 27.2 Å². The number of methoxy groups -OCH3 is 1. The molecule has 0 bridgehead atoms. The minimum atomic E-state index is -0.690. The highest BCUT2D eigenvalue weighted by Gasteiger charge is 2.22. The summed E-state index contributed by atoms with van der Waals surface area (Å²) in [6.45, 7) is 4.80. The van der Waals surface area contributed by atoms with Crippen LogP contribution in [0.1, 0.15) is 38.7 Å². The maximum absolute atomic E-state index is 13.4. The van der Waals surface area contributed by atoms with Crippen molar-refractivity contribution in [3.8, 4) is 5.69 Å². The second kappa shape index (κ2) is 10.0. The van der Waals surface area contributed by atoms with Gasteiger partial charge in [0.05, 0.1) is 36.8 Å². The van der Waals surface area contributed by atoms with Crippen molar-refractivity contribution >= 4 is 23.3 Å². The fourth-order valence-corrected chi connectivity index (χ4v) is 4.23. The number of rotatable bonds is 6. The van der Waals surface area contributed by atoms with Gasteiger partial charge in [0.1, 0.15) is 17.7 Å². The third-order valence-electron chi connectivity index (χ3n) is 5.76. The van der Waals surface area contributed by atoms with Crippen LogP contribution in [-0.2, 0) is 16.1 Å². The zero-order valence-corrected chi connectivity index (χ0v) is 19.7. The first kappa shape index (κ1) is 24.0. The molecular weight excluding hydrogens is 450 g/mol. The summed E-state index contributed by atoms with van der Waals surface area (Å²) in [6.07, 6.45) is 4.44. The number of anilines is 2. The van der Waals surface area contributed by atoms with E-state index >= 15 is 0 Å². The van der Waals surface area contributed by atoms with E-state index in [1.165, 1.54) is 17.1 Å². The van der Waals surface area contributed by atoms with Gasteiger partial charge in [0.2, 0.25) is 5.91 Å². The van der Waals surface area contributed by atoms with Gasteiger partial charge in [0.15, 0.2) is 0 Å². The Morgan fingerprint density at radius 1 is 1.23 bits per heavy atom. The molecule has 35 heavy (non-hydrogen) atoms. The first-order valence-electron chi connectivity index (χ1n) is 11.0. The van der Waals surface area contributed by atoms with E-state index in [2.05, 4.69) is 25.9 Å². The lowest BCUT2D eigenvalue weighted by Gasteiger charge is -2.24. The van der Waals surface area contributed by atoms with Crippen LogP contribution in [0.2, 0.25) is 0 Å². The van der Waals surface area contributed by atoms with Crippen LogP contribution in [0.5, 0.6) is 0 Å². The molecule has 3 aromatic rings. The largest absolute Gasteiger partial charge is 0.383 e. The lowest BCUT2D eigenvalue weighted by Crippen LogP contribution is -2.46. The Bertz CT molecular complexity index is 1320. The molecule has 1 fully saturated rings. The van der Waals surface area contributed by atoms with E-state index in [1.54, 1.807) is 19.4 Å². The van der Waals surface area contributed by atoms with Crippen molar-refractivity contribution in [2.75, 3.05) is 31.2 Å². The summed E-state index contributed by atoms with van der Waals surface area (Å²) in [5.41, 5.74) is 9.55. The van der Waals surface area contributed by atoms with Gasteiger partial charge < -0.3 is 21.1 Å². The van der Waals surface area contributed by atoms with Crippen LogP contribution in [0.15, 0.2) is 41.7 Å². The van der Waals surface area contributed by atoms with E-state index in [0.29, 0.717) is 24.5 Å². The normalized spacial score (nSPS) is 15.5. The van der Waals surface area contributed by atoms with Crippen molar-refractivity contribution in [2.24, 2.45) is 0 Å². The molecule has 2 aromatic heterocycles.